The van der Waals surface area contributed by atoms with Gasteiger partial charge >= 0.3 is 0 Å². The molecule has 1 aliphatic carbocycles. The fourth-order valence-electron chi connectivity index (χ4n) is 3.15. The monoisotopic (exact) mass is 301 g/mol. The normalized spacial score (nSPS) is 21.4. The fraction of sp³-hybridized carbons (Fsp3) is 0.294. The minimum atomic E-state index is 0.413. The van der Waals surface area contributed by atoms with Crippen LogP contribution in [0.25, 0.3) is 0 Å². The Kier molecular flexibility index (Phi) is 4.09. The van der Waals surface area contributed by atoms with E-state index in [0.717, 1.165) is 12.8 Å². The average molecular weight is 302 g/mol. The largest absolute Gasteiger partial charge is 0.110 e. The molecule has 20 heavy (non-hydrogen) atoms. The van der Waals surface area contributed by atoms with E-state index in [4.69, 9.17) is 23.2 Å². The summed E-state index contributed by atoms with van der Waals surface area (Å²) in [6, 6.07) is 14.8. The Morgan fingerprint density at radius 3 is 2.60 bits per heavy atom. The minimum Gasteiger partial charge on any atom is -0.0917 e. The van der Waals surface area contributed by atoms with Gasteiger partial charge in [-0.3, -0.25) is 0 Å². The Balaban J connectivity index is 2.05. The first-order chi connectivity index (χ1) is 9.69. The number of rotatable bonds is 2. The van der Waals surface area contributed by atoms with Crippen LogP contribution in [-0.4, -0.2) is 7.28 Å². The van der Waals surface area contributed by atoms with Crippen LogP contribution in [0.3, 0.4) is 0 Å². The molecule has 0 bridgehead atoms. The Morgan fingerprint density at radius 2 is 1.85 bits per heavy atom. The molecule has 2 aromatic carbocycles. The van der Waals surface area contributed by atoms with E-state index in [2.05, 4.69) is 44.4 Å². The van der Waals surface area contributed by atoms with Gasteiger partial charge in [-0.2, -0.15) is 0 Å². The van der Waals surface area contributed by atoms with Crippen LogP contribution in [0.2, 0.25) is 22.7 Å². The van der Waals surface area contributed by atoms with Gasteiger partial charge < -0.3 is 0 Å². The van der Waals surface area contributed by atoms with Crippen molar-refractivity contribution in [1.82, 2.24) is 0 Å². The molecule has 1 radical (unpaired) electrons. The highest BCUT2D eigenvalue weighted by atomic mass is 35.5. The summed E-state index contributed by atoms with van der Waals surface area (Å²) in [6.45, 7) is 2.16. The molecule has 2 atom stereocenters. The Hall–Kier alpha value is -0.915. The summed E-state index contributed by atoms with van der Waals surface area (Å²) >= 11 is 12.2. The lowest BCUT2D eigenvalue weighted by atomic mass is 9.57. The van der Waals surface area contributed by atoms with E-state index < -0.39 is 0 Å². The highest BCUT2D eigenvalue weighted by Crippen LogP contribution is 2.42. The quantitative estimate of drug-likeness (QED) is 0.632. The van der Waals surface area contributed by atoms with Gasteiger partial charge in [0.15, 0.2) is 0 Å². The topological polar surface area (TPSA) is 0 Å². The Bertz CT molecular complexity index is 624. The van der Waals surface area contributed by atoms with E-state index in [0.29, 0.717) is 21.8 Å². The van der Waals surface area contributed by atoms with Crippen LogP contribution in [-0.2, 0) is 6.42 Å². The van der Waals surface area contributed by atoms with Gasteiger partial charge in [0.05, 0.1) is 10.0 Å². The summed E-state index contributed by atoms with van der Waals surface area (Å²) < 4.78 is 0. The Morgan fingerprint density at radius 1 is 1.05 bits per heavy atom. The lowest BCUT2D eigenvalue weighted by Gasteiger charge is -2.31. The maximum Gasteiger partial charge on any atom is 0.110 e. The maximum atomic E-state index is 6.19. The van der Waals surface area contributed by atoms with Crippen molar-refractivity contribution in [2.75, 3.05) is 0 Å². The van der Waals surface area contributed by atoms with Gasteiger partial charge in [0.1, 0.15) is 7.28 Å². The predicted octanol–water partition coefficient (Wildman–Crippen LogP) is 5.61. The van der Waals surface area contributed by atoms with E-state index in [1.54, 1.807) is 0 Å². The molecule has 0 nitrogen and oxygen atoms in total. The van der Waals surface area contributed by atoms with Crippen LogP contribution < -0.4 is 0 Å². The highest BCUT2D eigenvalue weighted by molar-refractivity contribution is 6.42. The molecule has 3 rings (SSSR count). The van der Waals surface area contributed by atoms with Gasteiger partial charge in [-0.05, 0) is 41.7 Å². The first kappa shape index (κ1) is 14.0. The Labute approximate surface area is 131 Å². The van der Waals surface area contributed by atoms with Crippen LogP contribution >= 0.6 is 23.2 Å². The molecule has 0 unspecified atom stereocenters. The number of halogens is 2. The molecule has 0 amide bonds. The van der Waals surface area contributed by atoms with Crippen molar-refractivity contribution in [3.8, 4) is 0 Å². The van der Waals surface area contributed by atoms with Gasteiger partial charge in [-0.1, -0.05) is 66.2 Å². The van der Waals surface area contributed by atoms with E-state index in [-0.39, 0.29) is 0 Å². The van der Waals surface area contributed by atoms with Crippen molar-refractivity contribution in [1.29, 1.82) is 0 Å². The van der Waals surface area contributed by atoms with Crippen LogP contribution in [0.1, 0.15) is 29.0 Å². The smallest absolute Gasteiger partial charge is 0.0917 e. The summed E-state index contributed by atoms with van der Waals surface area (Å²) in [6.07, 6.45) is 2.29. The van der Waals surface area contributed by atoms with E-state index in [1.807, 2.05) is 12.1 Å². The third-order valence-corrected chi connectivity index (χ3v) is 5.01. The summed E-state index contributed by atoms with van der Waals surface area (Å²) in [4.78, 5) is 0. The lowest BCUT2D eigenvalue weighted by Crippen LogP contribution is -2.18. The molecule has 0 spiro atoms. The van der Waals surface area contributed by atoms with Crippen LogP contribution in [0.4, 0.5) is 0 Å². The fourth-order valence-corrected chi connectivity index (χ4v) is 3.46. The average Bonchev–Trinajstić information content (AvgIpc) is 2.49. The van der Waals surface area contributed by atoms with Crippen molar-refractivity contribution >= 4 is 30.5 Å². The molecule has 0 fully saturated rings. The van der Waals surface area contributed by atoms with Crippen LogP contribution in [0, 0.1) is 0 Å². The van der Waals surface area contributed by atoms with Crippen molar-refractivity contribution in [3.05, 3.63) is 69.2 Å². The van der Waals surface area contributed by atoms with Gasteiger partial charge in [0, 0.05) is 5.92 Å². The molecule has 101 valence electrons. The number of benzene rings is 2. The van der Waals surface area contributed by atoms with Gasteiger partial charge in [-0.25, -0.2) is 0 Å². The maximum absolute atomic E-state index is 6.19. The van der Waals surface area contributed by atoms with Crippen molar-refractivity contribution < 1.29 is 0 Å². The second-order valence-electron chi connectivity index (χ2n) is 5.46. The van der Waals surface area contributed by atoms with Gasteiger partial charge in [-0.15, -0.1) is 0 Å². The summed E-state index contributed by atoms with van der Waals surface area (Å²) in [5.41, 5.74) is 4.15. The molecular formula is C17H16BCl2. The van der Waals surface area contributed by atoms with E-state index >= 15 is 0 Å². The molecular weight excluding hydrogens is 286 g/mol. The molecule has 3 heteroatoms. The molecule has 0 aromatic heterocycles. The number of hydrogen-bond acceptors (Lipinski definition) is 0. The summed E-state index contributed by atoms with van der Waals surface area (Å²) in [5.74, 6) is 1.04. The van der Waals surface area contributed by atoms with E-state index in [9.17, 15) is 0 Å². The van der Waals surface area contributed by atoms with Crippen LogP contribution in [0.5, 0.6) is 0 Å². The second kappa shape index (κ2) is 5.83. The summed E-state index contributed by atoms with van der Waals surface area (Å²) in [7, 11) is 2.32. The minimum absolute atomic E-state index is 0.413. The zero-order valence-electron chi connectivity index (χ0n) is 11.4. The number of hydrogen-bond donors (Lipinski definition) is 0. The molecule has 0 heterocycles. The SMILES string of the molecule is C[B][C@H]1Cc2ccccc2[C@H](c2ccc(Cl)c(Cl)c2)C1. The molecule has 0 saturated heterocycles. The summed E-state index contributed by atoms with van der Waals surface area (Å²) in [5, 5.41) is 1.27. The first-order valence-corrected chi connectivity index (χ1v) is 7.77. The third kappa shape index (κ3) is 2.62. The van der Waals surface area contributed by atoms with Crippen molar-refractivity contribution in [2.24, 2.45) is 0 Å². The molecule has 0 aliphatic heterocycles. The second-order valence-corrected chi connectivity index (χ2v) is 6.27. The zero-order valence-corrected chi connectivity index (χ0v) is 13.0. The van der Waals surface area contributed by atoms with Gasteiger partial charge in [0.25, 0.3) is 0 Å². The highest BCUT2D eigenvalue weighted by Gasteiger charge is 2.27. The van der Waals surface area contributed by atoms with Crippen LogP contribution in [0.15, 0.2) is 42.5 Å². The molecule has 0 N–H and O–H groups in total. The third-order valence-electron chi connectivity index (χ3n) is 4.27. The number of fused-ring (bicyclic) bond motifs is 1. The lowest BCUT2D eigenvalue weighted by molar-refractivity contribution is 0.611. The molecule has 0 saturated carbocycles. The predicted molar refractivity (Wildman–Crippen MR) is 88.4 cm³/mol. The first-order valence-electron chi connectivity index (χ1n) is 7.01. The zero-order chi connectivity index (χ0) is 14.1. The molecule has 2 aromatic rings. The standard InChI is InChI=1S/C17H16BCl2/c1-18-13-8-11-4-2-3-5-14(11)15(10-13)12-6-7-16(19)17(20)9-12/h2-7,9,13,15H,8,10H2,1H3/t13-,15-/m0/s1. The van der Waals surface area contributed by atoms with Gasteiger partial charge in [0.2, 0.25) is 0 Å². The van der Waals surface area contributed by atoms with E-state index in [1.165, 1.54) is 16.7 Å². The van der Waals surface area contributed by atoms with Crippen molar-refractivity contribution in [3.63, 3.8) is 0 Å². The molecule has 1 aliphatic rings. The van der Waals surface area contributed by atoms with Crippen molar-refractivity contribution in [2.45, 2.75) is 31.4 Å².